The zero-order valence-corrected chi connectivity index (χ0v) is 15.3. The highest BCUT2D eigenvalue weighted by molar-refractivity contribution is 5.98. The molecule has 2 saturated carbocycles. The van der Waals surface area contributed by atoms with Gasteiger partial charge in [-0.3, -0.25) is 14.5 Å². The van der Waals surface area contributed by atoms with Gasteiger partial charge >= 0.3 is 0 Å². The lowest BCUT2D eigenvalue weighted by molar-refractivity contribution is -0.128. The van der Waals surface area contributed by atoms with Gasteiger partial charge in [0.15, 0.2) is 0 Å². The molecule has 5 nitrogen and oxygen atoms in total. The van der Waals surface area contributed by atoms with E-state index in [1.807, 2.05) is 0 Å². The van der Waals surface area contributed by atoms with Crippen molar-refractivity contribution in [1.29, 1.82) is 0 Å². The van der Waals surface area contributed by atoms with Crippen LogP contribution < -0.4 is 5.32 Å². The standard InChI is InChI=1S/C20H24F2N2O3/c1-12-6-8-20(9-7-12)24(17(11-27-20)18(25)23-14-3-4-14)19(26)15-5-2-13(21)10-16(15)22/h2,5,10,12,14,17H,3-4,6-9,11H2,1H3,(H,23,25). The Morgan fingerprint density at radius 1 is 1.19 bits per heavy atom. The van der Waals surface area contributed by atoms with E-state index in [-0.39, 0.29) is 24.1 Å². The summed E-state index contributed by atoms with van der Waals surface area (Å²) in [5.74, 6) is -2.03. The SMILES string of the molecule is CC1CCC2(CC1)OCC(C(=O)NC1CC1)N2C(=O)c1ccc(F)cc1F. The van der Waals surface area contributed by atoms with Crippen molar-refractivity contribution < 1.29 is 23.1 Å². The molecule has 1 atom stereocenters. The summed E-state index contributed by atoms with van der Waals surface area (Å²) in [7, 11) is 0. The molecule has 1 saturated heterocycles. The molecule has 4 rings (SSSR count). The van der Waals surface area contributed by atoms with Crippen molar-refractivity contribution in [3.05, 3.63) is 35.4 Å². The minimum absolute atomic E-state index is 0.0987. The molecule has 2 aliphatic carbocycles. The molecule has 0 aromatic heterocycles. The fourth-order valence-corrected chi connectivity index (χ4v) is 4.10. The van der Waals surface area contributed by atoms with Gasteiger partial charge in [-0.25, -0.2) is 8.78 Å². The molecule has 1 N–H and O–H groups in total. The molecule has 1 aromatic carbocycles. The number of hydrogen-bond donors (Lipinski definition) is 1. The van der Waals surface area contributed by atoms with Gasteiger partial charge in [0, 0.05) is 12.1 Å². The molecule has 1 unspecified atom stereocenters. The van der Waals surface area contributed by atoms with E-state index in [1.54, 1.807) is 0 Å². The molecule has 1 heterocycles. The van der Waals surface area contributed by atoms with Crippen LogP contribution in [0.15, 0.2) is 18.2 Å². The second kappa shape index (κ2) is 6.86. The first-order valence-electron chi connectivity index (χ1n) is 9.63. The summed E-state index contributed by atoms with van der Waals surface area (Å²) in [4.78, 5) is 27.4. The number of carbonyl (C=O) groups excluding carboxylic acids is 2. The molecular weight excluding hydrogens is 354 g/mol. The number of nitrogens with one attached hydrogen (secondary N) is 1. The van der Waals surface area contributed by atoms with Crippen LogP contribution in [0.2, 0.25) is 0 Å². The van der Waals surface area contributed by atoms with Crippen molar-refractivity contribution in [1.82, 2.24) is 10.2 Å². The lowest BCUT2D eigenvalue weighted by Gasteiger charge is -2.43. The third-order valence-corrected chi connectivity index (χ3v) is 5.92. The fourth-order valence-electron chi connectivity index (χ4n) is 4.10. The van der Waals surface area contributed by atoms with Crippen molar-refractivity contribution in [2.24, 2.45) is 5.92 Å². The summed E-state index contributed by atoms with van der Waals surface area (Å²) in [6.07, 6.45) is 4.82. The average Bonchev–Trinajstić information content (AvgIpc) is 3.36. The first-order chi connectivity index (χ1) is 12.9. The smallest absolute Gasteiger partial charge is 0.259 e. The van der Waals surface area contributed by atoms with E-state index in [0.717, 1.165) is 37.8 Å². The normalized spacial score (nSPS) is 30.6. The van der Waals surface area contributed by atoms with E-state index in [2.05, 4.69) is 12.2 Å². The van der Waals surface area contributed by atoms with Crippen LogP contribution in [0.5, 0.6) is 0 Å². The Morgan fingerprint density at radius 3 is 2.52 bits per heavy atom. The first-order valence-corrected chi connectivity index (χ1v) is 9.63. The van der Waals surface area contributed by atoms with Gasteiger partial charge in [-0.2, -0.15) is 0 Å². The van der Waals surface area contributed by atoms with E-state index in [4.69, 9.17) is 4.74 Å². The van der Waals surface area contributed by atoms with Crippen LogP contribution in [-0.2, 0) is 9.53 Å². The largest absolute Gasteiger partial charge is 0.353 e. The second-order valence-electron chi connectivity index (χ2n) is 8.04. The molecule has 1 aromatic rings. The highest BCUT2D eigenvalue weighted by Gasteiger charge is 2.54. The zero-order valence-electron chi connectivity index (χ0n) is 15.3. The number of halogens is 2. The number of hydrogen-bond acceptors (Lipinski definition) is 3. The van der Waals surface area contributed by atoms with Gasteiger partial charge in [0.2, 0.25) is 5.91 Å². The summed E-state index contributed by atoms with van der Waals surface area (Å²) in [5, 5.41) is 2.92. The molecule has 7 heteroatoms. The zero-order chi connectivity index (χ0) is 19.2. The fraction of sp³-hybridized carbons (Fsp3) is 0.600. The first kappa shape index (κ1) is 18.3. The van der Waals surface area contributed by atoms with Gasteiger partial charge in [-0.05, 0) is 56.6 Å². The Kier molecular flexibility index (Phi) is 4.66. The van der Waals surface area contributed by atoms with E-state index in [0.29, 0.717) is 24.8 Å². The van der Waals surface area contributed by atoms with Crippen LogP contribution >= 0.6 is 0 Å². The maximum absolute atomic E-state index is 14.3. The summed E-state index contributed by atoms with van der Waals surface area (Å²) >= 11 is 0. The minimum atomic E-state index is -0.924. The molecule has 0 radical (unpaired) electrons. The number of ether oxygens (including phenoxy) is 1. The third-order valence-electron chi connectivity index (χ3n) is 5.92. The van der Waals surface area contributed by atoms with Gasteiger partial charge in [0.1, 0.15) is 23.4 Å². The predicted molar refractivity (Wildman–Crippen MR) is 93.8 cm³/mol. The third kappa shape index (κ3) is 3.45. The Balaban J connectivity index is 1.66. The van der Waals surface area contributed by atoms with Crippen LogP contribution in [0.1, 0.15) is 55.8 Å². The van der Waals surface area contributed by atoms with Gasteiger partial charge < -0.3 is 10.1 Å². The highest BCUT2D eigenvalue weighted by atomic mass is 19.1. The van der Waals surface area contributed by atoms with E-state index in [1.165, 1.54) is 4.90 Å². The molecule has 2 amide bonds. The van der Waals surface area contributed by atoms with Crippen LogP contribution in [0.4, 0.5) is 8.78 Å². The molecule has 146 valence electrons. The summed E-state index contributed by atoms with van der Waals surface area (Å²) in [6, 6.07) is 2.25. The number of rotatable bonds is 3. The molecule has 1 aliphatic heterocycles. The van der Waals surface area contributed by atoms with E-state index in [9.17, 15) is 18.4 Å². The lowest BCUT2D eigenvalue weighted by atomic mass is 9.83. The van der Waals surface area contributed by atoms with Crippen LogP contribution in [0.25, 0.3) is 0 Å². The topological polar surface area (TPSA) is 58.6 Å². The molecular formula is C20H24F2N2O3. The van der Waals surface area contributed by atoms with Crippen molar-refractivity contribution in [2.75, 3.05) is 6.61 Å². The molecule has 0 bridgehead atoms. The maximum atomic E-state index is 14.3. The van der Waals surface area contributed by atoms with E-state index >= 15 is 0 Å². The highest BCUT2D eigenvalue weighted by Crippen LogP contribution is 2.43. The van der Waals surface area contributed by atoms with Crippen molar-refractivity contribution in [3.63, 3.8) is 0 Å². The maximum Gasteiger partial charge on any atom is 0.259 e. The molecule has 27 heavy (non-hydrogen) atoms. The Labute approximate surface area is 157 Å². The Morgan fingerprint density at radius 2 is 1.89 bits per heavy atom. The lowest BCUT2D eigenvalue weighted by Crippen LogP contribution is -2.57. The van der Waals surface area contributed by atoms with Gasteiger partial charge in [-0.1, -0.05) is 6.92 Å². The predicted octanol–water partition coefficient (Wildman–Crippen LogP) is 2.99. The van der Waals surface area contributed by atoms with Crippen molar-refractivity contribution in [3.8, 4) is 0 Å². The Hall–Kier alpha value is -2.02. The Bertz CT molecular complexity index is 758. The summed E-state index contributed by atoms with van der Waals surface area (Å²) in [5.41, 5.74) is -1.13. The number of nitrogens with zero attached hydrogens (tertiary/aromatic N) is 1. The van der Waals surface area contributed by atoms with Crippen LogP contribution in [-0.4, -0.2) is 41.1 Å². The minimum Gasteiger partial charge on any atom is -0.353 e. The summed E-state index contributed by atoms with van der Waals surface area (Å²) in [6.45, 7) is 2.24. The van der Waals surface area contributed by atoms with Crippen LogP contribution in [0.3, 0.4) is 0 Å². The van der Waals surface area contributed by atoms with Gasteiger partial charge in [0.25, 0.3) is 5.91 Å². The van der Waals surface area contributed by atoms with Crippen LogP contribution in [0, 0.1) is 17.6 Å². The van der Waals surface area contributed by atoms with Crippen molar-refractivity contribution >= 4 is 11.8 Å². The molecule has 3 aliphatic rings. The van der Waals surface area contributed by atoms with Gasteiger partial charge in [-0.15, -0.1) is 0 Å². The second-order valence-corrected chi connectivity index (χ2v) is 8.04. The molecule has 1 spiro atoms. The summed E-state index contributed by atoms with van der Waals surface area (Å²) < 4.78 is 33.6. The quantitative estimate of drug-likeness (QED) is 0.880. The number of amides is 2. The number of carbonyl (C=O) groups is 2. The number of benzene rings is 1. The van der Waals surface area contributed by atoms with Crippen molar-refractivity contribution in [2.45, 2.75) is 63.3 Å². The van der Waals surface area contributed by atoms with E-state index < -0.39 is 29.3 Å². The van der Waals surface area contributed by atoms with Gasteiger partial charge in [0.05, 0.1) is 12.2 Å². The monoisotopic (exact) mass is 378 g/mol. The average molecular weight is 378 g/mol. The molecule has 3 fully saturated rings.